The van der Waals surface area contributed by atoms with E-state index in [-0.39, 0.29) is 0 Å². The Bertz CT molecular complexity index is 134. The number of hydrogen-bond acceptors (Lipinski definition) is 2. The third-order valence-electron chi connectivity index (χ3n) is 2.77. The maximum Gasteiger partial charge on any atom is 0.0225 e. The maximum atomic E-state index is 3.67. The molecule has 0 aromatic heterocycles. The fourth-order valence-electron chi connectivity index (χ4n) is 1.36. The van der Waals surface area contributed by atoms with Crippen molar-refractivity contribution < 1.29 is 0 Å². The van der Waals surface area contributed by atoms with Crippen molar-refractivity contribution >= 4 is 11.8 Å². The Morgan fingerprint density at radius 1 is 1.29 bits per heavy atom. The summed E-state index contributed by atoms with van der Waals surface area (Å²) in [5.41, 5.74) is 0. The van der Waals surface area contributed by atoms with Gasteiger partial charge in [0.25, 0.3) is 0 Å². The van der Waals surface area contributed by atoms with Crippen molar-refractivity contribution in [3.05, 3.63) is 0 Å². The van der Waals surface area contributed by atoms with E-state index in [1.807, 2.05) is 11.8 Å². The first-order chi connectivity index (χ1) is 6.55. The van der Waals surface area contributed by atoms with Crippen molar-refractivity contribution in [3.63, 3.8) is 0 Å². The van der Waals surface area contributed by atoms with Crippen LogP contribution in [0.2, 0.25) is 0 Å². The van der Waals surface area contributed by atoms with Crippen molar-refractivity contribution in [2.75, 3.05) is 12.8 Å². The fourth-order valence-corrected chi connectivity index (χ4v) is 1.59. The molecule has 0 saturated heterocycles. The van der Waals surface area contributed by atoms with Gasteiger partial charge in [-0.15, -0.1) is 0 Å². The summed E-state index contributed by atoms with van der Waals surface area (Å²) in [6.45, 7) is 10.3. The molecule has 0 aliphatic rings. The predicted molar refractivity (Wildman–Crippen MR) is 69.2 cm³/mol. The summed E-state index contributed by atoms with van der Waals surface area (Å²) in [4.78, 5) is 0. The minimum atomic E-state index is 0.375. The third kappa shape index (κ3) is 6.72. The molecule has 0 aliphatic heterocycles. The number of rotatable bonds is 8. The molecule has 86 valence electrons. The molecule has 0 aromatic rings. The smallest absolute Gasteiger partial charge is 0.0225 e. The first-order valence-electron chi connectivity index (χ1n) is 5.84. The van der Waals surface area contributed by atoms with Gasteiger partial charge in [-0.2, -0.15) is 11.8 Å². The largest absolute Gasteiger partial charge is 0.313 e. The molecule has 2 heteroatoms. The van der Waals surface area contributed by atoms with Gasteiger partial charge in [-0.1, -0.05) is 26.7 Å². The number of nitrogens with one attached hydrogen (secondary N) is 1. The second-order valence-corrected chi connectivity index (χ2v) is 6.11. The quantitative estimate of drug-likeness (QED) is 0.665. The standard InChI is InChI=1S/C12H27NS/c1-6-8-9-11(7-2)13-10-12(3,4)14-5/h11,13H,6-10H2,1-5H3. The topological polar surface area (TPSA) is 12.0 Å². The molecule has 0 fully saturated rings. The van der Waals surface area contributed by atoms with Crippen LogP contribution in [0.25, 0.3) is 0 Å². The number of unbranched alkanes of at least 4 members (excludes halogenated alkanes) is 1. The second kappa shape index (κ2) is 7.58. The summed E-state index contributed by atoms with van der Waals surface area (Å²) >= 11 is 1.94. The van der Waals surface area contributed by atoms with Crippen LogP contribution in [0.1, 0.15) is 53.4 Å². The average Bonchev–Trinajstić information content (AvgIpc) is 2.18. The Kier molecular flexibility index (Phi) is 7.75. The second-order valence-electron chi connectivity index (χ2n) is 4.59. The fraction of sp³-hybridized carbons (Fsp3) is 1.00. The lowest BCUT2D eigenvalue weighted by Gasteiger charge is -2.26. The molecule has 1 unspecified atom stereocenters. The minimum Gasteiger partial charge on any atom is -0.313 e. The molecular weight excluding hydrogens is 190 g/mol. The monoisotopic (exact) mass is 217 g/mol. The highest BCUT2D eigenvalue weighted by atomic mass is 32.2. The van der Waals surface area contributed by atoms with E-state index in [2.05, 4.69) is 39.3 Å². The molecule has 0 saturated carbocycles. The van der Waals surface area contributed by atoms with E-state index in [1.54, 1.807) is 0 Å². The first-order valence-corrected chi connectivity index (χ1v) is 7.06. The van der Waals surface area contributed by atoms with Gasteiger partial charge in [0.1, 0.15) is 0 Å². The zero-order valence-corrected chi connectivity index (χ0v) is 11.3. The molecule has 0 aromatic carbocycles. The van der Waals surface area contributed by atoms with Gasteiger partial charge >= 0.3 is 0 Å². The Hall–Kier alpha value is 0.310. The molecule has 0 spiro atoms. The van der Waals surface area contributed by atoms with Crippen LogP contribution in [0.5, 0.6) is 0 Å². The lowest BCUT2D eigenvalue weighted by Crippen LogP contribution is -2.38. The summed E-state index contributed by atoms with van der Waals surface area (Å²) in [6, 6.07) is 0.723. The van der Waals surface area contributed by atoms with Crippen LogP contribution in [0, 0.1) is 0 Å². The Morgan fingerprint density at radius 3 is 2.36 bits per heavy atom. The first kappa shape index (κ1) is 14.3. The Morgan fingerprint density at radius 2 is 1.93 bits per heavy atom. The highest BCUT2D eigenvalue weighted by Gasteiger charge is 2.17. The molecule has 0 bridgehead atoms. The van der Waals surface area contributed by atoms with Gasteiger partial charge in [0.05, 0.1) is 0 Å². The van der Waals surface area contributed by atoms with E-state index in [0.29, 0.717) is 4.75 Å². The van der Waals surface area contributed by atoms with Crippen LogP contribution in [-0.4, -0.2) is 23.6 Å². The van der Waals surface area contributed by atoms with Crippen LogP contribution < -0.4 is 5.32 Å². The molecule has 0 amide bonds. The Labute approximate surface area is 94.4 Å². The number of hydrogen-bond donors (Lipinski definition) is 1. The van der Waals surface area contributed by atoms with Crippen LogP contribution >= 0.6 is 11.8 Å². The lowest BCUT2D eigenvalue weighted by atomic mass is 10.1. The van der Waals surface area contributed by atoms with E-state index >= 15 is 0 Å². The average molecular weight is 217 g/mol. The summed E-state index contributed by atoms with van der Waals surface area (Å²) in [7, 11) is 0. The van der Waals surface area contributed by atoms with Crippen molar-refractivity contribution in [2.24, 2.45) is 0 Å². The van der Waals surface area contributed by atoms with Crippen LogP contribution in [0.3, 0.4) is 0 Å². The molecule has 0 radical (unpaired) electrons. The Balaban J connectivity index is 3.71. The zero-order chi connectivity index (χ0) is 11.0. The van der Waals surface area contributed by atoms with Gasteiger partial charge in [0.15, 0.2) is 0 Å². The van der Waals surface area contributed by atoms with Crippen molar-refractivity contribution in [3.8, 4) is 0 Å². The summed E-state index contributed by atoms with van der Waals surface area (Å²) in [5, 5.41) is 3.67. The van der Waals surface area contributed by atoms with Crippen LogP contribution in [0.4, 0.5) is 0 Å². The van der Waals surface area contributed by atoms with E-state index in [0.717, 1.165) is 12.6 Å². The van der Waals surface area contributed by atoms with Crippen molar-refractivity contribution in [1.29, 1.82) is 0 Å². The number of thioether (sulfide) groups is 1. The molecule has 0 aliphatic carbocycles. The van der Waals surface area contributed by atoms with E-state index < -0.39 is 0 Å². The van der Waals surface area contributed by atoms with Crippen molar-refractivity contribution in [2.45, 2.75) is 64.2 Å². The summed E-state index contributed by atoms with van der Waals surface area (Å²) < 4.78 is 0.375. The van der Waals surface area contributed by atoms with Crippen molar-refractivity contribution in [1.82, 2.24) is 5.32 Å². The molecule has 1 atom stereocenters. The highest BCUT2D eigenvalue weighted by molar-refractivity contribution is 7.99. The van der Waals surface area contributed by atoms with E-state index in [4.69, 9.17) is 0 Å². The summed E-state index contributed by atoms with van der Waals surface area (Å²) in [6.07, 6.45) is 7.44. The third-order valence-corrected chi connectivity index (χ3v) is 4.02. The minimum absolute atomic E-state index is 0.375. The van der Waals surface area contributed by atoms with Gasteiger partial charge < -0.3 is 5.32 Å². The SMILES string of the molecule is CCCCC(CC)NCC(C)(C)SC. The molecule has 0 rings (SSSR count). The van der Waals surface area contributed by atoms with Gasteiger partial charge in [-0.3, -0.25) is 0 Å². The zero-order valence-electron chi connectivity index (χ0n) is 10.5. The maximum absolute atomic E-state index is 3.67. The lowest BCUT2D eigenvalue weighted by molar-refractivity contribution is 0.434. The van der Waals surface area contributed by atoms with E-state index in [9.17, 15) is 0 Å². The molecule has 0 heterocycles. The molecular formula is C12H27NS. The van der Waals surface area contributed by atoms with Crippen LogP contribution in [0.15, 0.2) is 0 Å². The summed E-state index contributed by atoms with van der Waals surface area (Å²) in [5.74, 6) is 0. The van der Waals surface area contributed by atoms with Gasteiger partial charge in [0, 0.05) is 17.3 Å². The van der Waals surface area contributed by atoms with Gasteiger partial charge in [-0.05, 0) is 32.9 Å². The molecule has 1 N–H and O–H groups in total. The predicted octanol–water partition coefficient (Wildman–Crippen LogP) is 3.69. The molecule has 1 nitrogen and oxygen atoms in total. The molecule has 14 heavy (non-hydrogen) atoms. The normalized spacial score (nSPS) is 14.4. The van der Waals surface area contributed by atoms with Crippen LogP contribution in [-0.2, 0) is 0 Å². The van der Waals surface area contributed by atoms with Gasteiger partial charge in [0.2, 0.25) is 0 Å². The van der Waals surface area contributed by atoms with E-state index in [1.165, 1.54) is 25.7 Å². The van der Waals surface area contributed by atoms with Gasteiger partial charge in [-0.25, -0.2) is 0 Å². The highest BCUT2D eigenvalue weighted by Crippen LogP contribution is 2.20.